The number of aryl methyl sites for hydroxylation is 1. The zero-order chi connectivity index (χ0) is 18.1. The van der Waals surface area contributed by atoms with E-state index in [9.17, 15) is 8.42 Å². The van der Waals surface area contributed by atoms with Crippen molar-refractivity contribution in [2.24, 2.45) is 5.92 Å². The molecular weight excluding hydrogens is 366 g/mol. The third kappa shape index (κ3) is 3.41. The number of hydrogen-bond donors (Lipinski definition) is 0. The van der Waals surface area contributed by atoms with Crippen LogP contribution in [0, 0.1) is 12.8 Å². The van der Waals surface area contributed by atoms with Crippen molar-refractivity contribution in [1.29, 1.82) is 0 Å². The van der Waals surface area contributed by atoms with Crippen LogP contribution in [0.2, 0.25) is 0 Å². The summed E-state index contributed by atoms with van der Waals surface area (Å²) in [5.74, 6) is 0.200. The highest BCUT2D eigenvalue weighted by Gasteiger charge is 2.42. The fourth-order valence-electron chi connectivity index (χ4n) is 3.38. The summed E-state index contributed by atoms with van der Waals surface area (Å²) in [6.45, 7) is 2.55. The molecule has 26 heavy (non-hydrogen) atoms. The molecule has 0 spiro atoms. The maximum atomic E-state index is 13.2. The first-order valence-electron chi connectivity index (χ1n) is 8.69. The molecule has 0 N–H and O–H groups in total. The van der Waals surface area contributed by atoms with Crippen LogP contribution in [0.25, 0.3) is 0 Å². The van der Waals surface area contributed by atoms with E-state index in [0.29, 0.717) is 11.5 Å². The number of benzene rings is 2. The quantitative estimate of drug-likeness (QED) is 0.781. The molecule has 4 rings (SSSR count). The summed E-state index contributed by atoms with van der Waals surface area (Å²) in [5.41, 5.74) is 1.04. The van der Waals surface area contributed by atoms with E-state index >= 15 is 0 Å². The van der Waals surface area contributed by atoms with E-state index < -0.39 is 16.3 Å². The van der Waals surface area contributed by atoms with Gasteiger partial charge in [-0.3, -0.25) is 0 Å². The zero-order valence-electron chi connectivity index (χ0n) is 14.5. The molecule has 6 heteroatoms. The third-order valence-electron chi connectivity index (χ3n) is 4.75. The second-order valence-corrected chi connectivity index (χ2v) is 9.72. The fourth-order valence-corrected chi connectivity index (χ4v) is 6.00. The second-order valence-electron chi connectivity index (χ2n) is 6.67. The van der Waals surface area contributed by atoms with Crippen LogP contribution in [0.3, 0.4) is 0 Å². The van der Waals surface area contributed by atoms with Crippen LogP contribution in [0.4, 0.5) is 0 Å². The minimum Gasteiger partial charge on any atom is -0.357 e. The largest absolute Gasteiger partial charge is 0.357 e. The SMILES string of the molecule is Cc1ccc(S(=O)(=O)N2C=C(Sc3ccccc3)C[C@@H]3CCO[C@@H]32)cc1. The Morgan fingerprint density at radius 2 is 1.81 bits per heavy atom. The topological polar surface area (TPSA) is 46.6 Å². The Labute approximate surface area is 158 Å². The lowest BCUT2D eigenvalue weighted by Gasteiger charge is -2.35. The fraction of sp³-hybridized carbons (Fsp3) is 0.300. The van der Waals surface area contributed by atoms with Crippen LogP contribution in [0.1, 0.15) is 18.4 Å². The highest BCUT2D eigenvalue weighted by Crippen LogP contribution is 2.42. The van der Waals surface area contributed by atoms with Gasteiger partial charge in [-0.2, -0.15) is 0 Å². The van der Waals surface area contributed by atoms with E-state index in [1.807, 2.05) is 49.4 Å². The van der Waals surface area contributed by atoms with Crippen LogP contribution in [0.5, 0.6) is 0 Å². The lowest BCUT2D eigenvalue weighted by Crippen LogP contribution is -2.42. The molecule has 2 aromatic carbocycles. The Balaban J connectivity index is 1.69. The molecule has 0 aliphatic carbocycles. The van der Waals surface area contributed by atoms with E-state index in [2.05, 4.69) is 0 Å². The average molecular weight is 388 g/mol. The van der Waals surface area contributed by atoms with Gasteiger partial charge in [0, 0.05) is 28.5 Å². The van der Waals surface area contributed by atoms with Gasteiger partial charge in [-0.25, -0.2) is 12.7 Å². The van der Waals surface area contributed by atoms with Crippen LogP contribution >= 0.6 is 11.8 Å². The van der Waals surface area contributed by atoms with Gasteiger partial charge in [0.15, 0.2) is 0 Å². The molecular formula is C20H21NO3S2. The molecule has 2 aliphatic heterocycles. The molecule has 1 fully saturated rings. The van der Waals surface area contributed by atoms with Crippen molar-refractivity contribution < 1.29 is 13.2 Å². The summed E-state index contributed by atoms with van der Waals surface area (Å²) in [4.78, 5) is 2.47. The van der Waals surface area contributed by atoms with Crippen LogP contribution in [-0.4, -0.2) is 25.6 Å². The van der Waals surface area contributed by atoms with Gasteiger partial charge in [0.05, 0.1) is 4.90 Å². The predicted molar refractivity (Wildman–Crippen MR) is 103 cm³/mol. The molecule has 2 aromatic rings. The zero-order valence-corrected chi connectivity index (χ0v) is 16.2. The number of rotatable bonds is 4. The lowest BCUT2D eigenvalue weighted by atomic mass is 10.00. The van der Waals surface area contributed by atoms with Crippen molar-refractivity contribution in [3.63, 3.8) is 0 Å². The lowest BCUT2D eigenvalue weighted by molar-refractivity contribution is 0.0208. The first-order valence-corrected chi connectivity index (χ1v) is 10.9. The van der Waals surface area contributed by atoms with E-state index in [0.717, 1.165) is 28.2 Å². The predicted octanol–water partition coefficient (Wildman–Crippen LogP) is 4.39. The standard InChI is InChI=1S/C20H21NO3S2/c1-15-7-9-19(10-8-15)26(22,23)21-14-18(13-16-11-12-24-20(16)21)25-17-5-3-2-4-6-17/h2-10,14,16,20H,11-13H2,1H3/t16-,20-/m0/s1. The monoisotopic (exact) mass is 387 g/mol. The van der Waals surface area contributed by atoms with Crippen molar-refractivity contribution in [2.75, 3.05) is 6.61 Å². The maximum absolute atomic E-state index is 13.2. The molecule has 4 nitrogen and oxygen atoms in total. The highest BCUT2D eigenvalue weighted by molar-refractivity contribution is 8.03. The first kappa shape index (κ1) is 17.6. The van der Waals surface area contributed by atoms with Crippen molar-refractivity contribution in [2.45, 2.75) is 35.8 Å². The molecule has 2 aliphatic rings. The molecule has 136 valence electrons. The summed E-state index contributed by atoms with van der Waals surface area (Å²) < 4.78 is 33.7. The molecule has 0 radical (unpaired) electrons. The van der Waals surface area contributed by atoms with Crippen molar-refractivity contribution in [3.05, 3.63) is 71.3 Å². The Kier molecular flexibility index (Phi) is 4.82. The first-order chi connectivity index (χ1) is 12.5. The van der Waals surface area contributed by atoms with Gasteiger partial charge in [0.25, 0.3) is 10.0 Å². The molecule has 1 saturated heterocycles. The summed E-state index contributed by atoms with van der Waals surface area (Å²) in [5, 5.41) is 0. The summed E-state index contributed by atoms with van der Waals surface area (Å²) in [6, 6.07) is 17.0. The average Bonchev–Trinajstić information content (AvgIpc) is 3.10. The van der Waals surface area contributed by atoms with Gasteiger partial charge in [-0.1, -0.05) is 47.7 Å². The Morgan fingerprint density at radius 3 is 2.54 bits per heavy atom. The van der Waals surface area contributed by atoms with E-state index in [1.165, 1.54) is 4.31 Å². The Morgan fingerprint density at radius 1 is 1.08 bits per heavy atom. The summed E-state index contributed by atoms with van der Waals surface area (Å²) in [7, 11) is -3.64. The molecule has 2 atom stereocenters. The number of ether oxygens (including phenoxy) is 1. The van der Waals surface area contributed by atoms with Crippen LogP contribution in [-0.2, 0) is 14.8 Å². The number of nitrogens with zero attached hydrogens (tertiary/aromatic N) is 1. The molecule has 0 aromatic heterocycles. The molecule has 0 amide bonds. The maximum Gasteiger partial charge on any atom is 0.266 e. The molecule has 0 bridgehead atoms. The van der Waals surface area contributed by atoms with Gasteiger partial charge in [-0.15, -0.1) is 0 Å². The van der Waals surface area contributed by atoms with E-state index in [-0.39, 0.29) is 5.92 Å². The smallest absolute Gasteiger partial charge is 0.266 e. The second kappa shape index (κ2) is 7.10. The van der Waals surface area contributed by atoms with Crippen LogP contribution in [0.15, 0.2) is 75.5 Å². The number of thioether (sulfide) groups is 1. The Hall–Kier alpha value is -1.76. The van der Waals surface area contributed by atoms with Crippen molar-refractivity contribution in [1.82, 2.24) is 4.31 Å². The number of fused-ring (bicyclic) bond motifs is 1. The normalized spacial score (nSPS) is 22.8. The minimum atomic E-state index is -3.64. The number of sulfonamides is 1. The van der Waals surface area contributed by atoms with Gasteiger partial charge in [-0.05, 0) is 44.0 Å². The molecule has 0 saturated carbocycles. The van der Waals surface area contributed by atoms with E-state index in [4.69, 9.17) is 4.74 Å². The van der Waals surface area contributed by atoms with E-state index in [1.54, 1.807) is 30.1 Å². The summed E-state index contributed by atoms with van der Waals surface area (Å²) in [6.07, 6.45) is 3.10. The minimum absolute atomic E-state index is 0.200. The van der Waals surface area contributed by atoms with Crippen molar-refractivity contribution in [3.8, 4) is 0 Å². The highest BCUT2D eigenvalue weighted by atomic mass is 32.2. The van der Waals surface area contributed by atoms with Gasteiger partial charge in [0.2, 0.25) is 0 Å². The summed E-state index contributed by atoms with van der Waals surface area (Å²) >= 11 is 1.63. The van der Waals surface area contributed by atoms with Gasteiger partial charge in [0.1, 0.15) is 6.23 Å². The molecule has 0 unspecified atom stereocenters. The van der Waals surface area contributed by atoms with Crippen LogP contribution < -0.4 is 0 Å². The number of allylic oxidation sites excluding steroid dienone is 1. The van der Waals surface area contributed by atoms with Crippen molar-refractivity contribution >= 4 is 21.8 Å². The van der Waals surface area contributed by atoms with Gasteiger partial charge < -0.3 is 4.74 Å². The Bertz CT molecular complexity index is 908. The van der Waals surface area contributed by atoms with Gasteiger partial charge >= 0.3 is 0 Å². The number of hydrogen-bond acceptors (Lipinski definition) is 4. The molecule has 2 heterocycles. The third-order valence-corrected chi connectivity index (χ3v) is 7.53.